The molecule has 1 N–H and O–H groups in total. The number of ketones is 1. The van der Waals surface area contributed by atoms with Crippen molar-refractivity contribution < 1.29 is 13.9 Å². The fourth-order valence-corrected chi connectivity index (χ4v) is 3.25. The number of hydrogen-bond donors (Lipinski definition) is 1. The molecule has 0 bridgehead atoms. The molecule has 0 amide bonds. The Morgan fingerprint density at radius 2 is 2.00 bits per heavy atom. The summed E-state index contributed by atoms with van der Waals surface area (Å²) in [5.41, 5.74) is 2.57. The van der Waals surface area contributed by atoms with Crippen LogP contribution in [0.3, 0.4) is 0 Å². The Hall–Kier alpha value is -3.00. The van der Waals surface area contributed by atoms with E-state index in [2.05, 4.69) is 20.2 Å². The lowest BCUT2D eigenvalue weighted by molar-refractivity contribution is 0.102. The second kappa shape index (κ2) is 6.72. The van der Waals surface area contributed by atoms with E-state index in [9.17, 15) is 9.18 Å². The summed E-state index contributed by atoms with van der Waals surface area (Å²) in [4.78, 5) is 19.8. The van der Waals surface area contributed by atoms with E-state index in [0.717, 1.165) is 16.7 Å². The number of benzene rings is 2. The van der Waals surface area contributed by atoms with Crippen LogP contribution in [-0.2, 0) is 0 Å². The third-order valence-electron chi connectivity index (χ3n) is 3.90. The third kappa shape index (κ3) is 3.11. The molecule has 4 aromatic rings. The van der Waals surface area contributed by atoms with Crippen molar-refractivity contribution in [2.24, 2.45) is 0 Å². The third-order valence-corrected chi connectivity index (χ3v) is 4.74. The highest BCUT2D eigenvalue weighted by Crippen LogP contribution is 2.27. The highest BCUT2D eigenvalue weighted by Gasteiger charge is 2.12. The summed E-state index contributed by atoms with van der Waals surface area (Å²) in [6.45, 7) is 0. The van der Waals surface area contributed by atoms with Crippen molar-refractivity contribution in [3.63, 3.8) is 0 Å². The number of thioether (sulfide) groups is 1. The minimum atomic E-state index is -0.373. The van der Waals surface area contributed by atoms with E-state index in [1.807, 2.05) is 18.2 Å². The predicted octanol–water partition coefficient (Wildman–Crippen LogP) is 3.63. The molecule has 2 aromatic carbocycles. The van der Waals surface area contributed by atoms with Gasteiger partial charge in [-0.25, -0.2) is 9.37 Å². The van der Waals surface area contributed by atoms with Gasteiger partial charge in [-0.3, -0.25) is 4.79 Å². The van der Waals surface area contributed by atoms with E-state index in [-0.39, 0.29) is 17.4 Å². The van der Waals surface area contributed by atoms with Gasteiger partial charge in [0.05, 0.1) is 12.9 Å². The smallest absolute Gasteiger partial charge is 0.211 e. The Labute approximate surface area is 151 Å². The number of methoxy groups -OCH3 is 1. The lowest BCUT2D eigenvalue weighted by Crippen LogP contribution is -2.03. The standard InChI is InChI=1S/C18H13FN4O2S/c1-25-12-6-7-14-13(8-12)16-17(20-14)21-18(23-22-16)26-9-15(24)10-2-4-11(19)5-3-10/h2-8H,9H2,1H3,(H,20,21,23). The van der Waals surface area contributed by atoms with E-state index < -0.39 is 0 Å². The molecule has 2 aromatic heterocycles. The van der Waals surface area contributed by atoms with Crippen LogP contribution < -0.4 is 4.74 Å². The second-order valence-corrected chi connectivity index (χ2v) is 6.49. The summed E-state index contributed by atoms with van der Waals surface area (Å²) in [5, 5.41) is 9.59. The van der Waals surface area contributed by atoms with Crippen LogP contribution in [0.5, 0.6) is 5.75 Å². The van der Waals surface area contributed by atoms with Gasteiger partial charge in [0.15, 0.2) is 11.4 Å². The maximum absolute atomic E-state index is 12.9. The highest BCUT2D eigenvalue weighted by atomic mass is 32.2. The first-order chi connectivity index (χ1) is 12.6. The number of rotatable bonds is 5. The summed E-state index contributed by atoms with van der Waals surface area (Å²) in [6.07, 6.45) is 0. The summed E-state index contributed by atoms with van der Waals surface area (Å²) in [5.74, 6) is 0.374. The monoisotopic (exact) mass is 368 g/mol. The van der Waals surface area contributed by atoms with Crippen molar-refractivity contribution in [1.82, 2.24) is 20.2 Å². The average Bonchev–Trinajstić information content (AvgIpc) is 3.03. The molecule has 0 spiro atoms. The van der Waals surface area contributed by atoms with Crippen molar-refractivity contribution in [3.05, 3.63) is 53.8 Å². The molecule has 26 heavy (non-hydrogen) atoms. The van der Waals surface area contributed by atoms with Gasteiger partial charge in [-0.2, -0.15) is 0 Å². The molecule has 8 heteroatoms. The molecule has 0 aliphatic heterocycles. The van der Waals surface area contributed by atoms with Crippen molar-refractivity contribution in [2.45, 2.75) is 5.16 Å². The predicted molar refractivity (Wildman–Crippen MR) is 97.2 cm³/mol. The Morgan fingerprint density at radius 1 is 1.19 bits per heavy atom. The zero-order valence-corrected chi connectivity index (χ0v) is 14.5. The van der Waals surface area contributed by atoms with Gasteiger partial charge in [-0.1, -0.05) is 11.8 Å². The largest absolute Gasteiger partial charge is 0.497 e. The van der Waals surface area contributed by atoms with Gasteiger partial charge in [-0.05, 0) is 42.5 Å². The molecule has 2 heterocycles. The van der Waals surface area contributed by atoms with Gasteiger partial charge in [0.1, 0.15) is 17.1 Å². The first kappa shape index (κ1) is 16.5. The summed E-state index contributed by atoms with van der Waals surface area (Å²) in [6, 6.07) is 11.1. The van der Waals surface area contributed by atoms with Crippen LogP contribution in [0.15, 0.2) is 47.6 Å². The first-order valence-electron chi connectivity index (χ1n) is 7.76. The van der Waals surface area contributed by atoms with E-state index in [4.69, 9.17) is 4.74 Å². The van der Waals surface area contributed by atoms with Gasteiger partial charge in [0.2, 0.25) is 5.16 Å². The molecule has 4 rings (SSSR count). The van der Waals surface area contributed by atoms with E-state index in [1.54, 1.807) is 7.11 Å². The van der Waals surface area contributed by atoms with Gasteiger partial charge < -0.3 is 9.72 Å². The topological polar surface area (TPSA) is 80.8 Å². The van der Waals surface area contributed by atoms with Crippen LogP contribution in [0.4, 0.5) is 4.39 Å². The number of carbonyl (C=O) groups excluding carboxylic acids is 1. The number of halogens is 1. The molecule has 0 aliphatic rings. The van der Waals surface area contributed by atoms with Crippen molar-refractivity contribution >= 4 is 39.6 Å². The fourth-order valence-electron chi connectivity index (χ4n) is 2.57. The number of carbonyl (C=O) groups is 1. The normalized spacial score (nSPS) is 11.2. The van der Waals surface area contributed by atoms with E-state index in [0.29, 0.717) is 21.9 Å². The van der Waals surface area contributed by atoms with Gasteiger partial charge in [0.25, 0.3) is 0 Å². The van der Waals surface area contributed by atoms with Crippen molar-refractivity contribution in [2.75, 3.05) is 12.9 Å². The van der Waals surface area contributed by atoms with Crippen molar-refractivity contribution in [1.29, 1.82) is 0 Å². The molecular formula is C18H13FN4O2S. The average molecular weight is 368 g/mol. The van der Waals surface area contributed by atoms with Gasteiger partial charge >= 0.3 is 0 Å². The fraction of sp³-hybridized carbons (Fsp3) is 0.111. The minimum absolute atomic E-state index is 0.125. The Balaban J connectivity index is 1.56. The number of Topliss-reactive ketones (excluding diaryl/α,β-unsaturated/α-hetero) is 1. The van der Waals surface area contributed by atoms with Crippen LogP contribution in [0.25, 0.3) is 22.1 Å². The molecular weight excluding hydrogens is 355 g/mol. The number of nitrogens with zero attached hydrogens (tertiary/aromatic N) is 3. The number of aromatic amines is 1. The lowest BCUT2D eigenvalue weighted by atomic mass is 10.1. The maximum Gasteiger partial charge on any atom is 0.211 e. The zero-order valence-electron chi connectivity index (χ0n) is 13.7. The molecule has 6 nitrogen and oxygen atoms in total. The maximum atomic E-state index is 12.9. The number of ether oxygens (including phenoxy) is 1. The molecule has 0 unspecified atom stereocenters. The number of fused-ring (bicyclic) bond motifs is 3. The molecule has 0 radical (unpaired) electrons. The van der Waals surface area contributed by atoms with Gasteiger partial charge in [0, 0.05) is 16.5 Å². The van der Waals surface area contributed by atoms with Crippen LogP contribution in [0.2, 0.25) is 0 Å². The molecule has 0 saturated carbocycles. The van der Waals surface area contributed by atoms with Crippen molar-refractivity contribution in [3.8, 4) is 5.75 Å². The Kier molecular flexibility index (Phi) is 4.26. The molecule has 0 saturated heterocycles. The quantitative estimate of drug-likeness (QED) is 0.428. The summed E-state index contributed by atoms with van der Waals surface area (Å²) >= 11 is 1.19. The van der Waals surface area contributed by atoms with Crippen LogP contribution in [0.1, 0.15) is 10.4 Å². The van der Waals surface area contributed by atoms with Crippen LogP contribution in [0, 0.1) is 5.82 Å². The molecule has 0 fully saturated rings. The lowest BCUT2D eigenvalue weighted by Gasteiger charge is -2.00. The number of hydrogen-bond acceptors (Lipinski definition) is 6. The van der Waals surface area contributed by atoms with E-state index >= 15 is 0 Å². The molecule has 130 valence electrons. The first-order valence-corrected chi connectivity index (χ1v) is 8.74. The Bertz CT molecular complexity index is 1110. The van der Waals surface area contributed by atoms with Crippen LogP contribution >= 0.6 is 11.8 Å². The summed E-state index contributed by atoms with van der Waals surface area (Å²) in [7, 11) is 1.60. The zero-order chi connectivity index (χ0) is 18.1. The Morgan fingerprint density at radius 3 is 2.77 bits per heavy atom. The molecule has 0 atom stereocenters. The molecule has 0 aliphatic carbocycles. The van der Waals surface area contributed by atoms with Gasteiger partial charge in [-0.15, -0.1) is 10.2 Å². The summed E-state index contributed by atoms with van der Waals surface area (Å²) < 4.78 is 18.2. The number of H-pyrrole nitrogens is 1. The highest BCUT2D eigenvalue weighted by molar-refractivity contribution is 7.99. The van der Waals surface area contributed by atoms with E-state index in [1.165, 1.54) is 36.0 Å². The number of nitrogens with one attached hydrogen (secondary N) is 1. The minimum Gasteiger partial charge on any atom is -0.497 e. The van der Waals surface area contributed by atoms with Crippen LogP contribution in [-0.4, -0.2) is 38.8 Å². The SMILES string of the molecule is COc1ccc2[nH]c3nc(SCC(=O)c4ccc(F)cc4)nnc3c2c1. The second-order valence-electron chi connectivity index (χ2n) is 5.55. The number of aromatic nitrogens is 4.